The van der Waals surface area contributed by atoms with Gasteiger partial charge in [-0.15, -0.1) is 0 Å². The van der Waals surface area contributed by atoms with Crippen molar-refractivity contribution in [2.75, 3.05) is 0 Å². The summed E-state index contributed by atoms with van der Waals surface area (Å²) in [4.78, 5) is 9.51. The van der Waals surface area contributed by atoms with E-state index in [0.717, 1.165) is 22.2 Å². The van der Waals surface area contributed by atoms with Crippen LogP contribution in [0.1, 0.15) is 0 Å². The minimum absolute atomic E-state index is 0.813. The van der Waals surface area contributed by atoms with Gasteiger partial charge in [0.2, 0.25) is 0 Å². The number of nitrogens with one attached hydrogen (secondary N) is 1. The zero-order valence-corrected chi connectivity index (χ0v) is 7.96. The molecule has 3 heteroatoms. The van der Waals surface area contributed by atoms with E-state index in [1.54, 1.807) is 6.20 Å². The van der Waals surface area contributed by atoms with Crippen LogP contribution in [-0.4, -0.2) is 14.9 Å². The summed E-state index contributed by atoms with van der Waals surface area (Å²) in [6.07, 6.45) is 5.07. The summed E-state index contributed by atoms with van der Waals surface area (Å²) >= 11 is 0. The van der Waals surface area contributed by atoms with Gasteiger partial charge in [-0.05, 0) is 23.8 Å². The highest BCUT2D eigenvalue weighted by Gasteiger charge is 2.00. The number of aromatic nitrogens is 3. The molecule has 0 aliphatic rings. The molecule has 3 aromatic rings. The fraction of sp³-hybridized carbons (Fsp3) is 0. The second-order valence-corrected chi connectivity index (χ2v) is 3.32. The Morgan fingerprint density at radius 1 is 1.20 bits per heavy atom. The molecule has 3 rings (SSSR count). The maximum Gasteiger partial charge on any atom is 0.168 e. The Bertz CT molecular complexity index is 631. The molecule has 2 heterocycles. The second kappa shape index (κ2) is 3.20. The molecular formula is C12H9N3. The van der Waals surface area contributed by atoms with Gasteiger partial charge in [-0.1, -0.05) is 12.1 Å². The molecule has 0 radical (unpaired) electrons. The van der Waals surface area contributed by atoms with E-state index in [1.165, 1.54) is 11.3 Å². The maximum atomic E-state index is 7.56. The van der Waals surface area contributed by atoms with Crippen molar-refractivity contribution in [2.45, 2.75) is 0 Å². The lowest BCUT2D eigenvalue weighted by Crippen LogP contribution is -1.79. The van der Waals surface area contributed by atoms with Gasteiger partial charge in [-0.3, -0.25) is 4.98 Å². The molecule has 0 aliphatic carbocycles. The van der Waals surface area contributed by atoms with Crippen LogP contribution < -0.4 is 0 Å². The van der Waals surface area contributed by atoms with Crippen molar-refractivity contribution >= 4 is 11.0 Å². The molecule has 0 saturated heterocycles. The molecule has 0 unspecified atom stereocenters. The van der Waals surface area contributed by atoms with E-state index in [0.29, 0.717) is 0 Å². The van der Waals surface area contributed by atoms with Crippen LogP contribution >= 0.6 is 0 Å². The predicted octanol–water partition coefficient (Wildman–Crippen LogP) is 2.62. The predicted molar refractivity (Wildman–Crippen MR) is 59.3 cm³/mol. The molecule has 1 aromatic carbocycles. The summed E-state index contributed by atoms with van der Waals surface area (Å²) in [5.41, 5.74) is 3.77. The molecule has 3 nitrogen and oxygen atoms in total. The zero-order chi connectivity index (χ0) is 11.0. The van der Waals surface area contributed by atoms with Crippen LogP contribution in [0.4, 0.5) is 0 Å². The zero-order valence-electron chi connectivity index (χ0n) is 8.96. The number of H-pyrrole nitrogens is 1. The first-order valence-corrected chi connectivity index (χ1v) is 4.71. The summed E-state index contributed by atoms with van der Waals surface area (Å²) in [5.74, 6) is 0. The van der Waals surface area contributed by atoms with Crippen LogP contribution in [0.2, 0.25) is 1.41 Å². The number of hydrogen-bond acceptors (Lipinski definition) is 2. The molecule has 0 saturated carbocycles. The van der Waals surface area contributed by atoms with Gasteiger partial charge >= 0.3 is 0 Å². The van der Waals surface area contributed by atoms with E-state index in [4.69, 9.17) is 1.41 Å². The average molecular weight is 196 g/mol. The molecule has 0 atom stereocenters. The van der Waals surface area contributed by atoms with Crippen molar-refractivity contribution < 1.29 is 1.41 Å². The molecule has 1 N–H and O–H groups in total. The van der Waals surface area contributed by atoms with Gasteiger partial charge < -0.3 is 4.98 Å². The van der Waals surface area contributed by atoms with Crippen molar-refractivity contribution in [3.63, 3.8) is 0 Å². The quantitative estimate of drug-likeness (QED) is 0.650. The summed E-state index contributed by atoms with van der Waals surface area (Å²) in [6, 6.07) is 9.76. The van der Waals surface area contributed by atoms with Crippen molar-refractivity contribution in [3.05, 3.63) is 49.1 Å². The highest BCUT2D eigenvalue weighted by Crippen LogP contribution is 2.21. The van der Waals surface area contributed by atoms with Crippen molar-refractivity contribution in [2.24, 2.45) is 0 Å². The number of benzene rings is 1. The van der Waals surface area contributed by atoms with Crippen LogP contribution in [0, 0.1) is 0 Å². The third kappa shape index (κ3) is 1.38. The van der Waals surface area contributed by atoms with E-state index >= 15 is 0 Å². The molecule has 0 amide bonds. The Morgan fingerprint density at radius 3 is 3.07 bits per heavy atom. The molecule has 0 spiro atoms. The Labute approximate surface area is 88.3 Å². The molecule has 15 heavy (non-hydrogen) atoms. The molecule has 0 aliphatic heterocycles. The smallest absolute Gasteiger partial charge is 0.168 e. The Morgan fingerprint density at radius 2 is 2.20 bits per heavy atom. The van der Waals surface area contributed by atoms with Gasteiger partial charge in [-0.2, -0.15) is 0 Å². The largest absolute Gasteiger partial charge is 0.345 e. The first kappa shape index (κ1) is 7.17. The van der Waals surface area contributed by atoms with Gasteiger partial charge in [0.1, 0.15) is 0 Å². The lowest BCUT2D eigenvalue weighted by Gasteiger charge is -1.99. The molecule has 2 aromatic heterocycles. The van der Waals surface area contributed by atoms with E-state index in [1.807, 2.05) is 36.5 Å². The Kier molecular flexibility index (Phi) is 1.53. The van der Waals surface area contributed by atoms with Gasteiger partial charge in [0.05, 0.1) is 17.4 Å². The van der Waals surface area contributed by atoms with E-state index in [-0.39, 0.29) is 0 Å². The van der Waals surface area contributed by atoms with Gasteiger partial charge in [-0.25, -0.2) is 4.98 Å². The lowest BCUT2D eigenvalue weighted by atomic mass is 10.1. The van der Waals surface area contributed by atoms with Crippen LogP contribution in [0.5, 0.6) is 0 Å². The normalized spacial score (nSPS) is 11.6. The molecule has 72 valence electrons. The molecule has 0 fully saturated rings. The summed E-state index contributed by atoms with van der Waals surface area (Å²) in [6.45, 7) is 0. The lowest BCUT2D eigenvalue weighted by molar-refractivity contribution is 1.33. The standard InChI is InChI=1S/C12H9N3/c1-2-10(7-13-5-1)9-3-4-11-12(6-9)15-8-14-11/h1-8H,(H,14,15)/i/hD. The highest BCUT2D eigenvalue weighted by molar-refractivity contribution is 5.81. The number of fused-ring (bicyclic) bond motifs is 1. The van der Waals surface area contributed by atoms with Gasteiger partial charge in [0.15, 0.2) is 1.41 Å². The fourth-order valence-electron chi connectivity index (χ4n) is 1.60. The van der Waals surface area contributed by atoms with E-state index in [2.05, 4.69) is 9.97 Å². The van der Waals surface area contributed by atoms with E-state index in [9.17, 15) is 0 Å². The van der Waals surface area contributed by atoms with Crippen molar-refractivity contribution in [3.8, 4) is 11.1 Å². The first-order chi connectivity index (χ1) is 7.84. The third-order valence-electron chi connectivity index (χ3n) is 2.36. The van der Waals surface area contributed by atoms with Crippen LogP contribution in [-0.2, 0) is 0 Å². The fourth-order valence-corrected chi connectivity index (χ4v) is 1.60. The summed E-state index contributed by atoms with van der Waals surface area (Å²) in [7, 11) is 0. The third-order valence-corrected chi connectivity index (χ3v) is 2.36. The second-order valence-electron chi connectivity index (χ2n) is 3.32. The number of hydrogen-bond donors (Lipinski definition) is 1. The van der Waals surface area contributed by atoms with Crippen molar-refractivity contribution in [1.82, 2.24) is 14.9 Å². The molecule has 0 bridgehead atoms. The van der Waals surface area contributed by atoms with Gasteiger partial charge in [0.25, 0.3) is 0 Å². The Balaban J connectivity index is 2.19. The van der Waals surface area contributed by atoms with Gasteiger partial charge in [0, 0.05) is 18.0 Å². The number of aromatic amines is 1. The topological polar surface area (TPSA) is 41.6 Å². The molecular weight excluding hydrogens is 186 g/mol. The SMILES string of the molecule is [2H]n1cnc2cc(-c3cccnc3)ccc21. The van der Waals surface area contributed by atoms with Crippen LogP contribution in [0.25, 0.3) is 22.2 Å². The van der Waals surface area contributed by atoms with E-state index < -0.39 is 0 Å². The first-order valence-electron chi connectivity index (χ1n) is 5.16. The van der Waals surface area contributed by atoms with Crippen LogP contribution in [0.15, 0.2) is 49.1 Å². The average Bonchev–Trinajstić information content (AvgIpc) is 2.72. The minimum atomic E-state index is 0.813. The Hall–Kier alpha value is -2.16. The number of rotatable bonds is 1. The maximum absolute atomic E-state index is 7.56. The number of pyridine rings is 1. The number of imidazole rings is 1. The van der Waals surface area contributed by atoms with Crippen LogP contribution in [0.3, 0.4) is 0 Å². The minimum Gasteiger partial charge on any atom is -0.345 e. The highest BCUT2D eigenvalue weighted by atomic mass is 14.9. The summed E-state index contributed by atoms with van der Waals surface area (Å²) < 4.78 is 7.56. The monoisotopic (exact) mass is 196 g/mol. The van der Waals surface area contributed by atoms with Crippen molar-refractivity contribution in [1.29, 1.82) is 0 Å². The summed E-state index contributed by atoms with van der Waals surface area (Å²) in [5, 5.41) is 0. The number of nitrogens with zero attached hydrogens (tertiary/aromatic N) is 2.